The maximum Gasteiger partial charge on any atom is 0.339 e. The SMILES string of the molecule is CCOC(=O)c1cc(C#N)cc(Br)c1Br. The number of nitriles is 1. The monoisotopic (exact) mass is 331 g/mol. The lowest BCUT2D eigenvalue weighted by Crippen LogP contribution is -2.06. The minimum atomic E-state index is -0.442. The van der Waals surface area contributed by atoms with E-state index in [4.69, 9.17) is 10.00 Å². The summed E-state index contributed by atoms with van der Waals surface area (Å²) in [5, 5.41) is 8.75. The highest BCUT2D eigenvalue weighted by molar-refractivity contribution is 9.13. The van der Waals surface area contributed by atoms with E-state index in [2.05, 4.69) is 31.9 Å². The summed E-state index contributed by atoms with van der Waals surface area (Å²) in [6, 6.07) is 5.10. The third kappa shape index (κ3) is 2.80. The van der Waals surface area contributed by atoms with Crippen LogP contribution in [0.5, 0.6) is 0 Å². The molecule has 0 N–H and O–H groups in total. The molecule has 0 aliphatic heterocycles. The van der Waals surface area contributed by atoms with Crippen molar-refractivity contribution in [2.45, 2.75) is 6.92 Å². The molecule has 1 rings (SSSR count). The molecule has 0 atom stereocenters. The summed E-state index contributed by atoms with van der Waals surface area (Å²) < 4.78 is 6.12. The van der Waals surface area contributed by atoms with Crippen molar-refractivity contribution < 1.29 is 9.53 Å². The van der Waals surface area contributed by atoms with E-state index in [-0.39, 0.29) is 0 Å². The lowest BCUT2D eigenvalue weighted by Gasteiger charge is -2.06. The number of rotatable bonds is 2. The Hall–Kier alpha value is -0.860. The summed E-state index contributed by atoms with van der Waals surface area (Å²) in [5.41, 5.74) is 0.760. The normalized spacial score (nSPS) is 9.47. The Morgan fingerprint density at radius 3 is 2.73 bits per heavy atom. The van der Waals surface area contributed by atoms with Gasteiger partial charge in [0.1, 0.15) is 0 Å². The molecule has 3 nitrogen and oxygen atoms in total. The molecule has 0 amide bonds. The van der Waals surface area contributed by atoms with E-state index in [9.17, 15) is 4.79 Å². The van der Waals surface area contributed by atoms with Crippen LogP contribution in [0.3, 0.4) is 0 Å². The standard InChI is InChI=1S/C10H7Br2NO2/c1-2-15-10(14)7-3-6(5-13)4-8(11)9(7)12/h3-4H,2H2,1H3. The maximum absolute atomic E-state index is 11.5. The summed E-state index contributed by atoms with van der Waals surface area (Å²) in [6.07, 6.45) is 0. The molecule has 0 saturated heterocycles. The molecule has 5 heteroatoms. The molecule has 78 valence electrons. The van der Waals surface area contributed by atoms with Gasteiger partial charge >= 0.3 is 5.97 Å². The number of halogens is 2. The number of carbonyl (C=O) groups is 1. The van der Waals surface area contributed by atoms with Gasteiger partial charge in [0, 0.05) is 8.95 Å². The minimum absolute atomic E-state index is 0.305. The molecule has 0 bridgehead atoms. The van der Waals surface area contributed by atoms with Crippen LogP contribution in [-0.2, 0) is 4.74 Å². The second-order valence-corrected chi connectivity index (χ2v) is 4.30. The third-order valence-electron chi connectivity index (χ3n) is 1.65. The van der Waals surface area contributed by atoms with Gasteiger partial charge in [0.25, 0.3) is 0 Å². The topological polar surface area (TPSA) is 50.1 Å². The van der Waals surface area contributed by atoms with Gasteiger partial charge in [-0.15, -0.1) is 0 Å². The van der Waals surface area contributed by atoms with Crippen molar-refractivity contribution >= 4 is 37.8 Å². The molecule has 0 heterocycles. The third-order valence-corrected chi connectivity index (χ3v) is 3.66. The second-order valence-electron chi connectivity index (χ2n) is 2.65. The Bertz CT molecular complexity index is 438. The molecule has 0 aliphatic rings. The Morgan fingerprint density at radius 2 is 2.20 bits per heavy atom. The predicted molar refractivity (Wildman–Crippen MR) is 62.5 cm³/mol. The van der Waals surface area contributed by atoms with Crippen LogP contribution in [0.2, 0.25) is 0 Å². The Morgan fingerprint density at radius 1 is 1.53 bits per heavy atom. The molecule has 0 unspecified atom stereocenters. The maximum atomic E-state index is 11.5. The summed E-state index contributed by atoms with van der Waals surface area (Å²) in [5.74, 6) is -0.442. The molecule has 1 aromatic carbocycles. The summed E-state index contributed by atoms with van der Waals surface area (Å²) >= 11 is 6.51. The van der Waals surface area contributed by atoms with Gasteiger partial charge in [-0.2, -0.15) is 5.26 Å². The van der Waals surface area contributed by atoms with E-state index < -0.39 is 5.97 Å². The molecule has 15 heavy (non-hydrogen) atoms. The first-order valence-corrected chi connectivity index (χ1v) is 5.75. The van der Waals surface area contributed by atoms with Crippen LogP contribution in [0.25, 0.3) is 0 Å². The van der Waals surface area contributed by atoms with Gasteiger partial charge in [0.2, 0.25) is 0 Å². The molecule has 0 radical (unpaired) electrons. The number of carbonyl (C=O) groups excluding carboxylic acids is 1. The summed E-state index contributed by atoms with van der Waals surface area (Å²) in [7, 11) is 0. The largest absolute Gasteiger partial charge is 0.462 e. The quantitative estimate of drug-likeness (QED) is 0.781. The van der Waals surface area contributed by atoms with Crippen molar-refractivity contribution in [2.75, 3.05) is 6.61 Å². The highest BCUT2D eigenvalue weighted by atomic mass is 79.9. The number of hydrogen-bond acceptors (Lipinski definition) is 3. The Balaban J connectivity index is 3.23. The van der Waals surface area contributed by atoms with E-state index in [1.807, 2.05) is 6.07 Å². The second kappa shape index (κ2) is 5.29. The fraction of sp³-hybridized carbons (Fsp3) is 0.200. The van der Waals surface area contributed by atoms with Crippen LogP contribution in [0.1, 0.15) is 22.8 Å². The zero-order valence-corrected chi connectivity index (χ0v) is 11.1. The Labute approximate surface area is 104 Å². The first-order chi connectivity index (χ1) is 7.10. The van der Waals surface area contributed by atoms with Crippen molar-refractivity contribution in [3.05, 3.63) is 32.2 Å². The van der Waals surface area contributed by atoms with Crippen molar-refractivity contribution in [3.63, 3.8) is 0 Å². The van der Waals surface area contributed by atoms with Gasteiger partial charge in [-0.3, -0.25) is 0 Å². The van der Waals surface area contributed by atoms with E-state index in [0.29, 0.717) is 26.7 Å². The van der Waals surface area contributed by atoms with Crippen molar-refractivity contribution in [3.8, 4) is 6.07 Å². The molecule has 0 aromatic heterocycles. The van der Waals surface area contributed by atoms with Crippen molar-refractivity contribution in [1.82, 2.24) is 0 Å². The van der Waals surface area contributed by atoms with E-state index >= 15 is 0 Å². The van der Waals surface area contributed by atoms with Gasteiger partial charge in [-0.05, 0) is 50.9 Å². The predicted octanol–water partition coefficient (Wildman–Crippen LogP) is 3.26. The molecule has 0 saturated carbocycles. The van der Waals surface area contributed by atoms with E-state index in [1.165, 1.54) is 6.07 Å². The number of ether oxygens (including phenoxy) is 1. The fourth-order valence-corrected chi connectivity index (χ4v) is 1.86. The van der Waals surface area contributed by atoms with Crippen molar-refractivity contribution in [1.29, 1.82) is 5.26 Å². The molecule has 1 aromatic rings. The van der Waals surface area contributed by atoms with Gasteiger partial charge in [-0.1, -0.05) is 0 Å². The van der Waals surface area contributed by atoms with Crippen molar-refractivity contribution in [2.24, 2.45) is 0 Å². The number of esters is 1. The van der Waals surface area contributed by atoms with Crippen LogP contribution in [0, 0.1) is 11.3 Å². The van der Waals surface area contributed by atoms with Gasteiger partial charge in [0.05, 0.1) is 23.8 Å². The van der Waals surface area contributed by atoms with Gasteiger partial charge < -0.3 is 4.74 Å². The average Bonchev–Trinajstić information content (AvgIpc) is 2.22. The smallest absolute Gasteiger partial charge is 0.339 e. The van der Waals surface area contributed by atoms with E-state index in [0.717, 1.165) is 0 Å². The fourth-order valence-electron chi connectivity index (χ4n) is 1.01. The molecular formula is C10H7Br2NO2. The van der Waals surface area contributed by atoms with Crippen LogP contribution < -0.4 is 0 Å². The molecule has 0 aliphatic carbocycles. The Kier molecular flexibility index (Phi) is 4.30. The van der Waals surface area contributed by atoms with Crippen LogP contribution >= 0.6 is 31.9 Å². The zero-order chi connectivity index (χ0) is 11.4. The summed E-state index contributed by atoms with van der Waals surface area (Å²) in [6.45, 7) is 2.04. The molecule has 0 fully saturated rings. The minimum Gasteiger partial charge on any atom is -0.462 e. The lowest BCUT2D eigenvalue weighted by atomic mass is 10.1. The number of benzene rings is 1. The van der Waals surface area contributed by atoms with Gasteiger partial charge in [-0.25, -0.2) is 4.79 Å². The highest BCUT2D eigenvalue weighted by Crippen LogP contribution is 2.28. The van der Waals surface area contributed by atoms with Crippen LogP contribution in [-0.4, -0.2) is 12.6 Å². The zero-order valence-electron chi connectivity index (χ0n) is 7.88. The number of nitrogens with zero attached hydrogens (tertiary/aromatic N) is 1. The first kappa shape index (κ1) is 12.2. The molecular weight excluding hydrogens is 326 g/mol. The lowest BCUT2D eigenvalue weighted by molar-refractivity contribution is 0.0525. The van der Waals surface area contributed by atoms with Crippen LogP contribution in [0.15, 0.2) is 21.1 Å². The molecule has 0 spiro atoms. The van der Waals surface area contributed by atoms with Crippen LogP contribution in [0.4, 0.5) is 0 Å². The first-order valence-electron chi connectivity index (χ1n) is 4.16. The average molecular weight is 333 g/mol. The number of hydrogen-bond donors (Lipinski definition) is 0. The highest BCUT2D eigenvalue weighted by Gasteiger charge is 2.14. The summed E-state index contributed by atoms with van der Waals surface area (Å²) in [4.78, 5) is 11.5. The van der Waals surface area contributed by atoms with Gasteiger partial charge in [0.15, 0.2) is 0 Å². The van der Waals surface area contributed by atoms with E-state index in [1.54, 1.807) is 13.0 Å².